The van der Waals surface area contributed by atoms with Gasteiger partial charge in [-0.05, 0) is 168 Å². The van der Waals surface area contributed by atoms with Gasteiger partial charge in [0.1, 0.15) is 0 Å². The summed E-state index contributed by atoms with van der Waals surface area (Å²) in [5, 5.41) is 12.9. The van der Waals surface area contributed by atoms with Crippen LogP contribution in [-0.2, 0) is 0 Å². The first-order valence-corrected chi connectivity index (χ1v) is 34.6. The van der Waals surface area contributed by atoms with E-state index in [0.717, 1.165) is 140 Å². The highest BCUT2D eigenvalue weighted by atomic mass is 15.2. The Bertz CT molecular complexity index is 5850. The van der Waals surface area contributed by atoms with Gasteiger partial charge in [0, 0.05) is 61.6 Å². The average molecular weight is 1300 g/mol. The average Bonchev–Trinajstić information content (AvgIpc) is 1.11. The number of fused-ring (bicyclic) bond motifs is 7. The van der Waals surface area contributed by atoms with Crippen molar-refractivity contribution in [1.29, 1.82) is 5.26 Å². The molecule has 0 aliphatic carbocycles. The lowest BCUT2D eigenvalue weighted by atomic mass is 9.33. The minimum Gasteiger partial charge on any atom is -0.311 e. The Morgan fingerprint density at radius 2 is 0.618 bits per heavy atom. The van der Waals surface area contributed by atoms with E-state index >= 15 is 0 Å². The summed E-state index contributed by atoms with van der Waals surface area (Å²) in [6, 6.07) is 133. The summed E-state index contributed by atoms with van der Waals surface area (Å²) in [6.45, 7) is -0.152. The minimum absolute atomic E-state index is 0.152. The molecule has 0 atom stereocenters. The minimum atomic E-state index is -0.152. The fourth-order valence-corrected chi connectivity index (χ4v) is 15.4. The molecular weight excluding hydrogens is 1240 g/mol. The van der Waals surface area contributed by atoms with Gasteiger partial charge >= 0.3 is 0 Å². The second-order valence-corrected chi connectivity index (χ2v) is 26.2. The van der Waals surface area contributed by atoms with Crippen LogP contribution in [0.3, 0.4) is 0 Å². The molecule has 0 saturated carbocycles. The van der Waals surface area contributed by atoms with Crippen molar-refractivity contribution in [2.45, 2.75) is 0 Å². The summed E-state index contributed by atoms with van der Waals surface area (Å²) < 4.78 is 2.34. The Morgan fingerprint density at radius 1 is 0.255 bits per heavy atom. The number of aromatic nitrogens is 4. The maximum absolute atomic E-state index is 10.7. The monoisotopic (exact) mass is 1300 g/mol. The third-order valence-corrected chi connectivity index (χ3v) is 20.3. The molecule has 0 saturated heterocycles. The molecule has 0 bridgehead atoms. The maximum Gasteiger partial charge on any atom is 0.252 e. The Balaban J connectivity index is 0.876. The van der Waals surface area contributed by atoms with Crippen molar-refractivity contribution in [3.63, 3.8) is 0 Å². The molecule has 0 N–H and O–H groups in total. The van der Waals surface area contributed by atoms with Crippen molar-refractivity contribution in [3.8, 4) is 113 Å². The first-order chi connectivity index (χ1) is 50.5. The van der Waals surface area contributed by atoms with Crippen LogP contribution in [0.5, 0.6) is 0 Å². The number of benzene rings is 15. The van der Waals surface area contributed by atoms with Crippen LogP contribution >= 0.6 is 0 Å². The van der Waals surface area contributed by atoms with Gasteiger partial charge in [0.25, 0.3) is 6.71 Å². The van der Waals surface area contributed by atoms with Crippen molar-refractivity contribution >= 4 is 79.0 Å². The van der Waals surface area contributed by atoms with Gasteiger partial charge in [-0.15, -0.1) is 0 Å². The zero-order valence-electron chi connectivity index (χ0n) is 55.3. The van der Waals surface area contributed by atoms with E-state index in [4.69, 9.17) is 15.0 Å². The lowest BCUT2D eigenvalue weighted by Gasteiger charge is -2.44. The summed E-state index contributed by atoms with van der Waals surface area (Å²) in [7, 11) is 0. The standard InChI is InChI=1S/C94H60BN7/c96-61-62-36-52-85(81(54-62)94-98-92(70-32-18-6-19-33-70)97-93(99-94)71-34-20-7-21-35-71)102-84-53-44-72(55-80(84)79-49-41-73(56-86(79)102)65-26-12-3-13-27-65)76-59-89-91-90(60-76)101(78-47-39-69(40-48-78)64-24-10-2-11-25-64)88-58-75(67-30-16-5-17-31-67)43-51-83(88)95(91)82-50-42-74(66-28-14-4-15-29-66)57-87(82)100(89)77-45-37-68(38-46-77)63-22-8-1-9-23-63/h1-60H. The van der Waals surface area contributed by atoms with E-state index in [0.29, 0.717) is 28.6 Å². The van der Waals surface area contributed by atoms with Crippen LogP contribution in [0, 0.1) is 11.3 Å². The van der Waals surface area contributed by atoms with Gasteiger partial charge in [-0.1, -0.05) is 279 Å². The molecule has 7 nitrogen and oxygen atoms in total. The normalized spacial score (nSPS) is 12.0. The number of nitrogens with zero attached hydrogens (tertiary/aromatic N) is 7. The molecule has 0 radical (unpaired) electrons. The highest BCUT2D eigenvalue weighted by Gasteiger charge is 2.44. The van der Waals surface area contributed by atoms with E-state index in [1.165, 1.54) is 16.4 Å². The summed E-state index contributed by atoms with van der Waals surface area (Å²) in [5.74, 6) is 1.52. The summed E-state index contributed by atoms with van der Waals surface area (Å²) >= 11 is 0. The van der Waals surface area contributed by atoms with Crippen LogP contribution < -0.4 is 26.2 Å². The van der Waals surface area contributed by atoms with Crippen LogP contribution in [0.4, 0.5) is 34.1 Å². The highest BCUT2D eigenvalue weighted by Crippen LogP contribution is 2.49. The molecule has 0 fully saturated rings. The van der Waals surface area contributed by atoms with Gasteiger partial charge in [0.2, 0.25) is 0 Å². The van der Waals surface area contributed by atoms with Crippen molar-refractivity contribution in [2.24, 2.45) is 0 Å². The van der Waals surface area contributed by atoms with Crippen molar-refractivity contribution in [2.75, 3.05) is 9.80 Å². The van der Waals surface area contributed by atoms with Gasteiger partial charge in [-0.2, -0.15) is 5.26 Å². The lowest BCUT2D eigenvalue weighted by molar-refractivity contribution is 1.06. The molecule has 474 valence electrons. The molecule has 19 rings (SSSR count). The van der Waals surface area contributed by atoms with Crippen LogP contribution in [0.2, 0.25) is 0 Å². The molecule has 102 heavy (non-hydrogen) atoms. The van der Waals surface area contributed by atoms with Crippen LogP contribution in [0.15, 0.2) is 364 Å². The molecule has 2 aliphatic heterocycles. The molecule has 4 heterocycles. The van der Waals surface area contributed by atoms with Gasteiger partial charge in [-0.3, -0.25) is 0 Å². The molecule has 2 aromatic heterocycles. The second kappa shape index (κ2) is 25.0. The molecule has 0 unspecified atom stereocenters. The highest BCUT2D eigenvalue weighted by molar-refractivity contribution is 7.00. The van der Waals surface area contributed by atoms with Crippen molar-refractivity contribution in [1.82, 2.24) is 19.5 Å². The SMILES string of the molecule is N#Cc1ccc(-n2c3ccc(-c4cc5c6c(c4)N(c4ccc(-c7ccccc7)cc4)c4cc(-c7ccccc7)ccc4B6c4ccc(-c6ccccc6)cc4N5c4ccc(-c5ccccc5)cc4)cc3c3ccc(-c4ccccc4)cc32)c(-c2nc(-c3ccccc3)nc(-c3ccccc3)n2)c1. The van der Waals surface area contributed by atoms with E-state index < -0.39 is 0 Å². The number of anilines is 6. The topological polar surface area (TPSA) is 73.9 Å². The first kappa shape index (κ1) is 59.5. The number of rotatable bonds is 12. The van der Waals surface area contributed by atoms with Crippen LogP contribution in [0.25, 0.3) is 128 Å². The van der Waals surface area contributed by atoms with Gasteiger partial charge in [0.05, 0.1) is 28.4 Å². The smallest absolute Gasteiger partial charge is 0.252 e. The van der Waals surface area contributed by atoms with Gasteiger partial charge in [0.15, 0.2) is 17.5 Å². The van der Waals surface area contributed by atoms with Crippen LogP contribution in [0.1, 0.15) is 5.56 Å². The second-order valence-electron chi connectivity index (χ2n) is 26.2. The first-order valence-electron chi connectivity index (χ1n) is 34.6. The predicted molar refractivity (Wildman–Crippen MR) is 422 cm³/mol. The summed E-state index contributed by atoms with van der Waals surface area (Å²) in [4.78, 5) is 20.7. The lowest BCUT2D eigenvalue weighted by Crippen LogP contribution is -2.61. The van der Waals surface area contributed by atoms with Gasteiger partial charge < -0.3 is 14.4 Å². The zero-order chi connectivity index (χ0) is 67.6. The van der Waals surface area contributed by atoms with Crippen molar-refractivity contribution in [3.05, 3.63) is 370 Å². The summed E-state index contributed by atoms with van der Waals surface area (Å²) in [5.41, 5.74) is 29.4. The molecule has 17 aromatic rings. The number of nitriles is 1. The Labute approximate surface area is 592 Å². The van der Waals surface area contributed by atoms with Crippen LogP contribution in [-0.4, -0.2) is 26.2 Å². The predicted octanol–water partition coefficient (Wildman–Crippen LogP) is 21.9. The Kier molecular flexibility index (Phi) is 14.6. The van der Waals surface area contributed by atoms with Crippen molar-refractivity contribution < 1.29 is 0 Å². The summed E-state index contributed by atoms with van der Waals surface area (Å²) in [6.07, 6.45) is 0. The zero-order valence-corrected chi connectivity index (χ0v) is 55.3. The number of hydrogen-bond donors (Lipinski definition) is 0. The quantitative estimate of drug-likeness (QED) is 0.114. The van der Waals surface area contributed by atoms with E-state index in [1.807, 2.05) is 72.8 Å². The fourth-order valence-electron chi connectivity index (χ4n) is 15.4. The molecule has 15 aromatic carbocycles. The molecule has 8 heteroatoms. The van der Waals surface area contributed by atoms with E-state index in [2.05, 4.69) is 312 Å². The largest absolute Gasteiger partial charge is 0.311 e. The Morgan fingerprint density at radius 3 is 1.07 bits per heavy atom. The number of hydrogen-bond acceptors (Lipinski definition) is 6. The van der Waals surface area contributed by atoms with E-state index in [9.17, 15) is 5.26 Å². The fraction of sp³-hybridized carbons (Fsp3) is 0. The van der Waals surface area contributed by atoms with E-state index in [-0.39, 0.29) is 6.71 Å². The molecular formula is C94H60BN7. The van der Waals surface area contributed by atoms with Gasteiger partial charge in [-0.25, -0.2) is 15.0 Å². The third-order valence-electron chi connectivity index (χ3n) is 20.3. The molecule has 0 amide bonds. The van der Waals surface area contributed by atoms with E-state index in [1.54, 1.807) is 0 Å². The third kappa shape index (κ3) is 10.4. The molecule has 0 spiro atoms. The maximum atomic E-state index is 10.7. The molecule has 2 aliphatic rings. The Hall–Kier alpha value is -13.7.